The van der Waals surface area contributed by atoms with Gasteiger partial charge in [-0.1, -0.05) is 25.7 Å². The number of hydrogen-bond acceptors (Lipinski definition) is 6. The summed E-state index contributed by atoms with van der Waals surface area (Å²) >= 11 is 0. The predicted octanol–water partition coefficient (Wildman–Crippen LogP) is 4.37. The van der Waals surface area contributed by atoms with Gasteiger partial charge >= 0.3 is 0 Å². The molecule has 1 heterocycles. The Morgan fingerprint density at radius 3 is 2.52 bits per heavy atom. The maximum atomic E-state index is 5.39. The van der Waals surface area contributed by atoms with Crippen LogP contribution in [-0.4, -0.2) is 30.2 Å². The minimum atomic E-state index is 0.497. The third kappa shape index (κ3) is 4.75. The summed E-state index contributed by atoms with van der Waals surface area (Å²) < 4.78 is 10.7. The number of nitrogens with one attached hydrogen (secondary N) is 2. The number of hydrogen-bond donors (Lipinski definition) is 2. The van der Waals surface area contributed by atoms with E-state index >= 15 is 0 Å². The number of nitrogens with zero attached hydrogens (tertiary/aromatic N) is 2. The molecule has 6 heteroatoms. The van der Waals surface area contributed by atoms with Crippen LogP contribution in [-0.2, 0) is 0 Å². The monoisotopic (exact) mass is 342 g/mol. The largest absolute Gasteiger partial charge is 0.497 e. The molecule has 1 aliphatic rings. The van der Waals surface area contributed by atoms with Crippen LogP contribution < -0.4 is 20.1 Å². The first-order valence-corrected chi connectivity index (χ1v) is 8.87. The lowest BCUT2D eigenvalue weighted by molar-refractivity contribution is 0.405. The molecular formula is C19H26N4O2. The van der Waals surface area contributed by atoms with Crippen LogP contribution in [0.3, 0.4) is 0 Å². The first-order chi connectivity index (χ1) is 12.3. The van der Waals surface area contributed by atoms with Gasteiger partial charge in [-0.3, -0.25) is 0 Å². The van der Waals surface area contributed by atoms with Crippen molar-refractivity contribution in [3.63, 3.8) is 0 Å². The third-order valence-corrected chi connectivity index (χ3v) is 4.52. The zero-order valence-electron chi connectivity index (χ0n) is 14.9. The van der Waals surface area contributed by atoms with E-state index in [0.29, 0.717) is 17.7 Å². The van der Waals surface area contributed by atoms with Crippen molar-refractivity contribution in [3.05, 3.63) is 30.5 Å². The molecule has 0 saturated heterocycles. The maximum absolute atomic E-state index is 5.39. The van der Waals surface area contributed by atoms with E-state index in [-0.39, 0.29) is 0 Å². The molecule has 0 aliphatic heterocycles. The number of rotatable bonds is 6. The topological polar surface area (TPSA) is 68.3 Å². The van der Waals surface area contributed by atoms with E-state index in [2.05, 4.69) is 20.6 Å². The van der Waals surface area contributed by atoms with Crippen molar-refractivity contribution in [2.75, 3.05) is 24.9 Å². The minimum absolute atomic E-state index is 0.497. The second-order valence-corrected chi connectivity index (χ2v) is 6.29. The van der Waals surface area contributed by atoms with Crippen LogP contribution in [0.25, 0.3) is 0 Å². The molecule has 0 bridgehead atoms. The number of aromatic nitrogens is 2. The molecule has 3 rings (SSSR count). The first kappa shape index (κ1) is 17.3. The van der Waals surface area contributed by atoms with Gasteiger partial charge in [0.1, 0.15) is 17.3 Å². The Morgan fingerprint density at radius 1 is 1.00 bits per heavy atom. The molecule has 25 heavy (non-hydrogen) atoms. The van der Waals surface area contributed by atoms with Gasteiger partial charge in [0.2, 0.25) is 5.95 Å². The van der Waals surface area contributed by atoms with Crippen molar-refractivity contribution in [2.45, 2.75) is 44.6 Å². The lowest BCUT2D eigenvalue weighted by Gasteiger charge is -2.17. The molecule has 0 unspecified atom stereocenters. The van der Waals surface area contributed by atoms with Crippen molar-refractivity contribution in [1.29, 1.82) is 0 Å². The molecule has 2 N–H and O–H groups in total. The molecule has 1 saturated carbocycles. The smallest absolute Gasteiger partial charge is 0.229 e. The van der Waals surface area contributed by atoms with E-state index in [1.54, 1.807) is 20.4 Å². The molecule has 1 aromatic heterocycles. The van der Waals surface area contributed by atoms with Crippen LogP contribution in [0.2, 0.25) is 0 Å². The summed E-state index contributed by atoms with van der Waals surface area (Å²) in [6.07, 6.45) is 9.42. The van der Waals surface area contributed by atoms with Crippen molar-refractivity contribution < 1.29 is 9.47 Å². The summed E-state index contributed by atoms with van der Waals surface area (Å²) in [6.45, 7) is 0. The Labute approximate surface area is 149 Å². The lowest BCUT2D eigenvalue weighted by Crippen LogP contribution is -2.19. The summed E-state index contributed by atoms with van der Waals surface area (Å²) in [5.41, 5.74) is 0.772. The van der Waals surface area contributed by atoms with E-state index in [0.717, 1.165) is 17.3 Å². The van der Waals surface area contributed by atoms with Gasteiger partial charge in [0.15, 0.2) is 0 Å². The Hall–Kier alpha value is -2.50. The molecule has 6 nitrogen and oxygen atoms in total. The fourth-order valence-electron chi connectivity index (χ4n) is 3.16. The van der Waals surface area contributed by atoms with Gasteiger partial charge in [0.05, 0.1) is 19.9 Å². The number of anilines is 3. The maximum Gasteiger partial charge on any atom is 0.229 e. The van der Waals surface area contributed by atoms with Crippen LogP contribution in [0.15, 0.2) is 30.5 Å². The molecule has 1 aliphatic carbocycles. The van der Waals surface area contributed by atoms with E-state index < -0.39 is 0 Å². The fourth-order valence-corrected chi connectivity index (χ4v) is 3.16. The summed E-state index contributed by atoms with van der Waals surface area (Å²) in [7, 11) is 3.28. The lowest BCUT2D eigenvalue weighted by atomic mass is 10.1. The summed E-state index contributed by atoms with van der Waals surface area (Å²) in [5, 5.41) is 6.77. The van der Waals surface area contributed by atoms with E-state index in [1.165, 1.54) is 38.5 Å². The Bertz CT molecular complexity index is 685. The second-order valence-electron chi connectivity index (χ2n) is 6.29. The van der Waals surface area contributed by atoms with Gasteiger partial charge in [-0.05, 0) is 31.0 Å². The average Bonchev–Trinajstić information content (AvgIpc) is 2.90. The standard InChI is InChI=1S/C19H26N4O2/c1-24-15-9-10-17(25-2)16(13-15)22-19-20-12-11-18(23-19)21-14-7-5-3-4-6-8-14/h9-14H,3-8H2,1-2H3,(H2,20,21,22,23). The molecule has 0 amide bonds. The molecule has 134 valence electrons. The Kier molecular flexibility index (Phi) is 5.93. The van der Waals surface area contributed by atoms with Gasteiger partial charge in [-0.25, -0.2) is 4.98 Å². The normalized spacial score (nSPS) is 15.3. The van der Waals surface area contributed by atoms with Crippen molar-refractivity contribution in [2.24, 2.45) is 0 Å². The number of ether oxygens (including phenoxy) is 2. The van der Waals surface area contributed by atoms with Gasteiger partial charge in [0.25, 0.3) is 0 Å². The number of methoxy groups -OCH3 is 2. The number of benzene rings is 1. The molecule has 1 aromatic carbocycles. The van der Waals surface area contributed by atoms with Crippen molar-refractivity contribution >= 4 is 17.5 Å². The molecule has 0 atom stereocenters. The van der Waals surface area contributed by atoms with Crippen LogP contribution >= 0.6 is 0 Å². The van der Waals surface area contributed by atoms with Crippen molar-refractivity contribution in [1.82, 2.24) is 9.97 Å². The Balaban J connectivity index is 1.73. The highest BCUT2D eigenvalue weighted by atomic mass is 16.5. The van der Waals surface area contributed by atoms with Gasteiger partial charge in [0, 0.05) is 18.3 Å². The molecule has 2 aromatic rings. The van der Waals surface area contributed by atoms with Crippen LogP contribution in [0, 0.1) is 0 Å². The SMILES string of the molecule is COc1ccc(OC)c(Nc2nccc(NC3CCCCCC3)n2)c1. The minimum Gasteiger partial charge on any atom is -0.497 e. The summed E-state index contributed by atoms with van der Waals surface area (Å²) in [6, 6.07) is 7.99. The second kappa shape index (κ2) is 8.55. The average molecular weight is 342 g/mol. The van der Waals surface area contributed by atoms with E-state index in [1.807, 2.05) is 24.3 Å². The molecule has 0 spiro atoms. The van der Waals surface area contributed by atoms with Gasteiger partial charge in [-0.15, -0.1) is 0 Å². The molecule has 1 fully saturated rings. The van der Waals surface area contributed by atoms with E-state index in [4.69, 9.17) is 9.47 Å². The van der Waals surface area contributed by atoms with Gasteiger partial charge in [-0.2, -0.15) is 4.98 Å². The summed E-state index contributed by atoms with van der Waals surface area (Å²) in [5.74, 6) is 2.85. The highest BCUT2D eigenvalue weighted by Crippen LogP contribution is 2.30. The zero-order chi connectivity index (χ0) is 17.5. The Morgan fingerprint density at radius 2 is 1.80 bits per heavy atom. The van der Waals surface area contributed by atoms with Crippen LogP contribution in [0.1, 0.15) is 38.5 Å². The first-order valence-electron chi connectivity index (χ1n) is 8.87. The zero-order valence-corrected chi connectivity index (χ0v) is 14.9. The van der Waals surface area contributed by atoms with Gasteiger partial charge < -0.3 is 20.1 Å². The van der Waals surface area contributed by atoms with E-state index in [9.17, 15) is 0 Å². The molecule has 0 radical (unpaired) electrons. The summed E-state index contributed by atoms with van der Waals surface area (Å²) in [4.78, 5) is 8.91. The third-order valence-electron chi connectivity index (χ3n) is 4.52. The highest BCUT2D eigenvalue weighted by Gasteiger charge is 2.13. The van der Waals surface area contributed by atoms with Crippen LogP contribution in [0.5, 0.6) is 11.5 Å². The fraction of sp³-hybridized carbons (Fsp3) is 0.474. The molecular weight excluding hydrogens is 316 g/mol. The quantitative estimate of drug-likeness (QED) is 0.760. The highest BCUT2D eigenvalue weighted by molar-refractivity contribution is 5.65. The van der Waals surface area contributed by atoms with Crippen LogP contribution in [0.4, 0.5) is 17.5 Å². The van der Waals surface area contributed by atoms with Crippen molar-refractivity contribution in [3.8, 4) is 11.5 Å². The predicted molar refractivity (Wildman–Crippen MR) is 100.0 cm³/mol.